The minimum atomic E-state index is -3.87. The predicted octanol–water partition coefficient (Wildman–Crippen LogP) is 6.61. The molecule has 0 heterocycles. The van der Waals surface area contributed by atoms with E-state index < -0.39 is 34.1 Å². The van der Waals surface area contributed by atoms with Gasteiger partial charge in [-0.25, -0.2) is 8.42 Å². The molecule has 0 saturated carbocycles. The van der Waals surface area contributed by atoms with E-state index in [0.29, 0.717) is 21.3 Å². The fraction of sp³-hybridized carbons (Fsp3) is 0.394. The van der Waals surface area contributed by atoms with Crippen LogP contribution in [0.1, 0.15) is 58.2 Å². The number of nitrogens with zero attached hydrogens (tertiary/aromatic N) is 2. The van der Waals surface area contributed by atoms with Crippen LogP contribution in [-0.2, 0) is 38.0 Å². The Balaban J connectivity index is 2.10. The lowest BCUT2D eigenvalue weighted by molar-refractivity contribution is -0.140. The van der Waals surface area contributed by atoms with Crippen molar-refractivity contribution in [2.75, 3.05) is 17.1 Å². The Morgan fingerprint density at radius 1 is 0.884 bits per heavy atom. The molecule has 3 aromatic carbocycles. The van der Waals surface area contributed by atoms with Crippen LogP contribution in [0, 0.1) is 0 Å². The highest BCUT2D eigenvalue weighted by molar-refractivity contribution is 7.92. The van der Waals surface area contributed by atoms with Crippen molar-refractivity contribution in [3.63, 3.8) is 0 Å². The fourth-order valence-electron chi connectivity index (χ4n) is 4.58. The molecule has 0 aliphatic carbocycles. The molecule has 7 nitrogen and oxygen atoms in total. The Bertz CT molecular complexity index is 1530. The van der Waals surface area contributed by atoms with Crippen molar-refractivity contribution in [1.82, 2.24) is 10.2 Å². The van der Waals surface area contributed by atoms with Gasteiger partial charge < -0.3 is 10.2 Å². The summed E-state index contributed by atoms with van der Waals surface area (Å²) in [5.41, 5.74) is 2.08. The van der Waals surface area contributed by atoms with E-state index in [1.165, 1.54) is 4.90 Å². The van der Waals surface area contributed by atoms with Gasteiger partial charge in [-0.05, 0) is 67.1 Å². The van der Waals surface area contributed by atoms with E-state index in [1.807, 2.05) is 63.2 Å². The third kappa shape index (κ3) is 9.98. The van der Waals surface area contributed by atoms with Crippen LogP contribution in [0.25, 0.3) is 0 Å². The maximum absolute atomic E-state index is 14.3. The van der Waals surface area contributed by atoms with Crippen LogP contribution in [0.4, 0.5) is 5.69 Å². The summed E-state index contributed by atoms with van der Waals surface area (Å²) in [5.74, 6) is -0.920. The average molecular weight is 647 g/mol. The van der Waals surface area contributed by atoms with Crippen molar-refractivity contribution in [3.8, 4) is 0 Å². The van der Waals surface area contributed by atoms with Crippen LogP contribution in [0.2, 0.25) is 10.0 Å². The molecule has 0 bridgehead atoms. The number of benzene rings is 3. The Morgan fingerprint density at radius 2 is 1.49 bits per heavy atom. The molecule has 0 radical (unpaired) electrons. The number of rotatable bonds is 10. The smallest absolute Gasteiger partial charge is 0.244 e. The summed E-state index contributed by atoms with van der Waals surface area (Å²) in [4.78, 5) is 29.5. The van der Waals surface area contributed by atoms with Gasteiger partial charge in [-0.2, -0.15) is 0 Å². The first-order valence-corrected chi connectivity index (χ1v) is 16.6. The van der Waals surface area contributed by atoms with E-state index in [2.05, 4.69) is 26.1 Å². The molecule has 3 aromatic rings. The van der Waals surface area contributed by atoms with Gasteiger partial charge >= 0.3 is 0 Å². The molecule has 3 rings (SSSR count). The highest BCUT2D eigenvalue weighted by Crippen LogP contribution is 2.28. The number of sulfonamides is 1. The molecule has 1 N–H and O–H groups in total. The number of carbonyl (C=O) groups excluding carboxylic acids is 2. The lowest BCUT2D eigenvalue weighted by atomic mass is 9.87. The standard InChI is InChI=1S/C33H41Cl2N3O4S/c1-32(2,3)25-14-17-27(18-15-25)38(43(7,41)42)22-30(39)37(21-24-13-16-26(34)20-28(24)35)29(31(40)36-33(4,5)6)19-23-11-9-8-10-12-23/h8-18,20,29H,19,21-22H2,1-7H3,(H,36,40). The summed E-state index contributed by atoms with van der Waals surface area (Å²) >= 11 is 12.7. The van der Waals surface area contributed by atoms with Gasteiger partial charge in [0.25, 0.3) is 0 Å². The second-order valence-electron chi connectivity index (χ2n) is 12.8. The Hall–Kier alpha value is -3.07. The molecule has 0 spiro atoms. The number of amides is 2. The molecule has 0 aliphatic heterocycles. The largest absolute Gasteiger partial charge is 0.350 e. The fourth-order valence-corrected chi connectivity index (χ4v) is 5.90. The third-order valence-electron chi connectivity index (χ3n) is 6.83. The van der Waals surface area contributed by atoms with E-state index in [-0.39, 0.29) is 24.3 Å². The van der Waals surface area contributed by atoms with E-state index in [4.69, 9.17) is 23.2 Å². The maximum atomic E-state index is 14.3. The van der Waals surface area contributed by atoms with Gasteiger partial charge in [0.05, 0.1) is 11.9 Å². The molecule has 1 unspecified atom stereocenters. The van der Waals surface area contributed by atoms with Gasteiger partial charge in [0.2, 0.25) is 21.8 Å². The zero-order valence-electron chi connectivity index (χ0n) is 25.8. The molecule has 1 atom stereocenters. The first-order valence-electron chi connectivity index (χ1n) is 14.0. The van der Waals surface area contributed by atoms with Crippen molar-refractivity contribution in [2.45, 2.75) is 71.5 Å². The molecule has 0 aliphatic rings. The summed E-state index contributed by atoms with van der Waals surface area (Å²) < 4.78 is 27.2. The second-order valence-corrected chi connectivity index (χ2v) is 15.5. The van der Waals surface area contributed by atoms with Crippen LogP contribution in [0.15, 0.2) is 72.8 Å². The second kappa shape index (κ2) is 13.7. The SMILES string of the molecule is CC(C)(C)NC(=O)C(Cc1ccccc1)N(Cc1ccc(Cl)cc1Cl)C(=O)CN(c1ccc(C(C)(C)C)cc1)S(C)(=O)=O. The first-order chi connectivity index (χ1) is 19.8. The van der Waals surface area contributed by atoms with Gasteiger partial charge in [0.1, 0.15) is 12.6 Å². The molecule has 0 saturated heterocycles. The molecule has 10 heteroatoms. The Kier molecular flexibility index (Phi) is 11.0. The van der Waals surface area contributed by atoms with Gasteiger partial charge in [0.15, 0.2) is 0 Å². The Labute approximate surface area is 266 Å². The summed E-state index contributed by atoms with van der Waals surface area (Å²) in [5, 5.41) is 3.76. The number of hydrogen-bond acceptors (Lipinski definition) is 4. The number of carbonyl (C=O) groups is 2. The molecular weight excluding hydrogens is 605 g/mol. The van der Waals surface area contributed by atoms with E-state index in [0.717, 1.165) is 21.7 Å². The van der Waals surface area contributed by atoms with E-state index in [1.54, 1.807) is 30.3 Å². The van der Waals surface area contributed by atoms with Crippen molar-refractivity contribution in [1.29, 1.82) is 0 Å². The van der Waals surface area contributed by atoms with Crippen LogP contribution >= 0.6 is 23.2 Å². The molecule has 0 aromatic heterocycles. The number of anilines is 1. The molecular formula is C33H41Cl2N3O4S. The van der Waals surface area contributed by atoms with Crippen LogP contribution < -0.4 is 9.62 Å². The van der Waals surface area contributed by atoms with E-state index >= 15 is 0 Å². The minimum absolute atomic E-state index is 0.0372. The number of nitrogens with one attached hydrogen (secondary N) is 1. The average Bonchev–Trinajstić information content (AvgIpc) is 2.88. The monoisotopic (exact) mass is 645 g/mol. The molecule has 43 heavy (non-hydrogen) atoms. The highest BCUT2D eigenvalue weighted by Gasteiger charge is 2.34. The van der Waals surface area contributed by atoms with Crippen molar-refractivity contribution >= 4 is 50.7 Å². The summed E-state index contributed by atoms with van der Waals surface area (Å²) in [6, 6.07) is 20.4. The van der Waals surface area contributed by atoms with Gasteiger partial charge in [-0.3, -0.25) is 13.9 Å². The zero-order chi connectivity index (χ0) is 32.2. The van der Waals surface area contributed by atoms with Crippen molar-refractivity contribution in [2.24, 2.45) is 0 Å². The lowest BCUT2D eigenvalue weighted by Gasteiger charge is -2.35. The topological polar surface area (TPSA) is 86.8 Å². The molecule has 2 amide bonds. The van der Waals surface area contributed by atoms with Crippen LogP contribution in [-0.4, -0.2) is 49.5 Å². The number of hydrogen-bond donors (Lipinski definition) is 1. The number of halogens is 2. The molecule has 0 fully saturated rings. The predicted molar refractivity (Wildman–Crippen MR) is 176 cm³/mol. The van der Waals surface area contributed by atoms with Crippen molar-refractivity contribution < 1.29 is 18.0 Å². The van der Waals surface area contributed by atoms with Crippen LogP contribution in [0.5, 0.6) is 0 Å². The summed E-state index contributed by atoms with van der Waals surface area (Å²) in [7, 11) is -3.87. The third-order valence-corrected chi connectivity index (χ3v) is 8.55. The van der Waals surface area contributed by atoms with E-state index in [9.17, 15) is 18.0 Å². The summed E-state index contributed by atoms with van der Waals surface area (Å²) in [6.45, 7) is 11.2. The molecule has 232 valence electrons. The minimum Gasteiger partial charge on any atom is -0.350 e. The van der Waals surface area contributed by atoms with Gasteiger partial charge in [0, 0.05) is 28.5 Å². The van der Waals surface area contributed by atoms with Gasteiger partial charge in [-0.1, -0.05) is 92.5 Å². The quantitative estimate of drug-likeness (QED) is 0.269. The highest BCUT2D eigenvalue weighted by atomic mass is 35.5. The van der Waals surface area contributed by atoms with Crippen LogP contribution in [0.3, 0.4) is 0 Å². The normalized spacial score (nSPS) is 12.9. The lowest BCUT2D eigenvalue weighted by Crippen LogP contribution is -2.56. The van der Waals surface area contributed by atoms with Crippen molar-refractivity contribution in [3.05, 3.63) is 99.5 Å². The zero-order valence-corrected chi connectivity index (χ0v) is 28.1. The Morgan fingerprint density at radius 3 is 2.00 bits per heavy atom. The first kappa shape index (κ1) is 34.4. The summed E-state index contributed by atoms with van der Waals surface area (Å²) in [6.07, 6.45) is 1.27. The maximum Gasteiger partial charge on any atom is 0.244 e. The van der Waals surface area contributed by atoms with Gasteiger partial charge in [-0.15, -0.1) is 0 Å².